The van der Waals surface area contributed by atoms with Crippen LogP contribution in [0, 0.1) is 0 Å². The van der Waals surface area contributed by atoms with Crippen molar-refractivity contribution in [3.05, 3.63) is 40.9 Å². The highest BCUT2D eigenvalue weighted by atomic mass is 79.9. The molecule has 4 nitrogen and oxygen atoms in total. The Bertz CT molecular complexity index is 744. The molecule has 1 atom stereocenters. The summed E-state index contributed by atoms with van der Waals surface area (Å²) in [6, 6.07) is 6.00. The maximum atomic E-state index is 6.25. The third-order valence-corrected chi connectivity index (χ3v) is 3.64. The predicted molar refractivity (Wildman–Crippen MR) is 79.8 cm³/mol. The molecule has 19 heavy (non-hydrogen) atoms. The fraction of sp³-hybridized carbons (Fsp3) is 0.231. The molecular formula is C13H12BrClN4. The molecule has 0 N–H and O–H groups in total. The standard InChI is InChI=1S/C13H12BrClN4/c1-8(15)13-17-11-4-3-9(14)5-12(11)19(13)10-6-16-18(2)7-10/h3-8H,1-2H3. The number of alkyl halides is 1. The largest absolute Gasteiger partial charge is 0.292 e. The van der Waals surface area contributed by atoms with Crippen LogP contribution in [-0.2, 0) is 7.05 Å². The first-order valence-corrected chi connectivity index (χ1v) is 7.10. The summed E-state index contributed by atoms with van der Waals surface area (Å²) < 4.78 is 4.82. The van der Waals surface area contributed by atoms with E-state index in [-0.39, 0.29) is 5.38 Å². The second kappa shape index (κ2) is 4.65. The van der Waals surface area contributed by atoms with Crippen molar-refractivity contribution in [3.63, 3.8) is 0 Å². The molecule has 3 aromatic rings. The normalized spacial score (nSPS) is 13.1. The minimum Gasteiger partial charge on any atom is -0.292 e. The summed E-state index contributed by atoms with van der Waals surface area (Å²) in [7, 11) is 1.89. The summed E-state index contributed by atoms with van der Waals surface area (Å²) >= 11 is 9.75. The van der Waals surface area contributed by atoms with E-state index in [1.165, 1.54) is 0 Å². The molecule has 0 amide bonds. The van der Waals surface area contributed by atoms with E-state index in [1.807, 2.05) is 49.1 Å². The zero-order valence-corrected chi connectivity index (χ0v) is 12.9. The number of benzene rings is 1. The van der Waals surface area contributed by atoms with Gasteiger partial charge in [0.1, 0.15) is 5.82 Å². The van der Waals surface area contributed by atoms with E-state index in [0.29, 0.717) is 0 Å². The predicted octanol–water partition coefficient (Wildman–Crippen LogP) is 3.82. The van der Waals surface area contributed by atoms with Crippen LogP contribution in [0.25, 0.3) is 16.7 Å². The van der Waals surface area contributed by atoms with Gasteiger partial charge in [0.2, 0.25) is 0 Å². The number of hydrogen-bond donors (Lipinski definition) is 0. The molecule has 98 valence electrons. The number of imidazole rings is 1. The third kappa shape index (κ3) is 2.17. The van der Waals surface area contributed by atoms with Crippen LogP contribution >= 0.6 is 27.5 Å². The molecule has 2 aromatic heterocycles. The highest BCUT2D eigenvalue weighted by Gasteiger charge is 2.17. The second-order valence-electron chi connectivity index (χ2n) is 4.43. The monoisotopic (exact) mass is 338 g/mol. The SMILES string of the molecule is CC(Cl)c1nc2ccc(Br)cc2n1-c1cnn(C)c1. The number of halogens is 2. The van der Waals surface area contributed by atoms with Crippen molar-refractivity contribution < 1.29 is 0 Å². The Hall–Kier alpha value is -1.33. The lowest BCUT2D eigenvalue weighted by molar-refractivity contribution is 0.767. The topological polar surface area (TPSA) is 35.6 Å². The molecule has 2 heterocycles. The third-order valence-electron chi connectivity index (χ3n) is 2.95. The van der Waals surface area contributed by atoms with Gasteiger partial charge < -0.3 is 0 Å². The van der Waals surface area contributed by atoms with Crippen LogP contribution in [0.5, 0.6) is 0 Å². The molecule has 0 saturated heterocycles. The minimum atomic E-state index is -0.175. The van der Waals surface area contributed by atoms with Crippen molar-refractivity contribution in [1.29, 1.82) is 0 Å². The smallest absolute Gasteiger partial charge is 0.132 e. The molecule has 1 unspecified atom stereocenters. The lowest BCUT2D eigenvalue weighted by Crippen LogP contribution is -2.00. The van der Waals surface area contributed by atoms with E-state index in [0.717, 1.165) is 27.0 Å². The van der Waals surface area contributed by atoms with Gasteiger partial charge in [0, 0.05) is 17.7 Å². The van der Waals surface area contributed by atoms with Gasteiger partial charge in [0.25, 0.3) is 0 Å². The summed E-state index contributed by atoms with van der Waals surface area (Å²) in [4.78, 5) is 4.61. The Kier molecular flexibility index (Phi) is 3.11. The summed E-state index contributed by atoms with van der Waals surface area (Å²) in [6.07, 6.45) is 3.76. The summed E-state index contributed by atoms with van der Waals surface area (Å²) in [5.41, 5.74) is 2.91. The molecule has 0 aliphatic rings. The minimum absolute atomic E-state index is 0.175. The van der Waals surface area contributed by atoms with Crippen molar-refractivity contribution in [2.75, 3.05) is 0 Å². The van der Waals surface area contributed by atoms with Crippen LogP contribution in [0.4, 0.5) is 0 Å². The van der Waals surface area contributed by atoms with Crippen molar-refractivity contribution in [2.45, 2.75) is 12.3 Å². The quantitative estimate of drug-likeness (QED) is 0.665. The maximum absolute atomic E-state index is 6.25. The zero-order chi connectivity index (χ0) is 13.6. The first-order valence-electron chi connectivity index (χ1n) is 5.87. The number of rotatable bonds is 2. The van der Waals surface area contributed by atoms with E-state index in [4.69, 9.17) is 11.6 Å². The molecule has 1 aromatic carbocycles. The summed E-state index contributed by atoms with van der Waals surface area (Å²) in [5, 5.41) is 4.04. The van der Waals surface area contributed by atoms with Crippen LogP contribution in [0.15, 0.2) is 35.1 Å². The van der Waals surface area contributed by atoms with E-state index in [2.05, 4.69) is 26.0 Å². The lowest BCUT2D eigenvalue weighted by atomic mass is 10.3. The fourth-order valence-corrected chi connectivity index (χ4v) is 2.62. The Morgan fingerprint density at radius 1 is 1.37 bits per heavy atom. The van der Waals surface area contributed by atoms with Crippen LogP contribution in [-0.4, -0.2) is 19.3 Å². The van der Waals surface area contributed by atoms with Gasteiger partial charge in [-0.3, -0.25) is 9.25 Å². The number of aryl methyl sites for hydroxylation is 1. The second-order valence-corrected chi connectivity index (χ2v) is 6.00. The van der Waals surface area contributed by atoms with E-state index in [1.54, 1.807) is 4.68 Å². The molecule has 0 radical (unpaired) electrons. The molecule has 0 bridgehead atoms. The molecule has 0 fully saturated rings. The Morgan fingerprint density at radius 2 is 2.16 bits per heavy atom. The number of fused-ring (bicyclic) bond motifs is 1. The molecule has 0 spiro atoms. The average Bonchev–Trinajstić information content (AvgIpc) is 2.92. The van der Waals surface area contributed by atoms with Gasteiger partial charge in [0.15, 0.2) is 0 Å². The highest BCUT2D eigenvalue weighted by molar-refractivity contribution is 9.10. The molecule has 6 heteroatoms. The average molecular weight is 340 g/mol. The van der Waals surface area contributed by atoms with Crippen LogP contribution in [0.2, 0.25) is 0 Å². The van der Waals surface area contributed by atoms with Gasteiger partial charge in [-0.25, -0.2) is 4.98 Å². The molecular weight excluding hydrogens is 328 g/mol. The van der Waals surface area contributed by atoms with Gasteiger partial charge in [-0.1, -0.05) is 15.9 Å². The van der Waals surface area contributed by atoms with Gasteiger partial charge in [0.05, 0.1) is 28.3 Å². The molecule has 0 saturated carbocycles. The van der Waals surface area contributed by atoms with Crippen molar-refractivity contribution in [2.24, 2.45) is 7.05 Å². The van der Waals surface area contributed by atoms with E-state index in [9.17, 15) is 0 Å². The maximum Gasteiger partial charge on any atom is 0.132 e. The zero-order valence-electron chi connectivity index (χ0n) is 10.5. The lowest BCUT2D eigenvalue weighted by Gasteiger charge is -2.07. The Morgan fingerprint density at radius 3 is 2.79 bits per heavy atom. The van der Waals surface area contributed by atoms with Crippen molar-refractivity contribution >= 4 is 38.6 Å². The molecule has 3 rings (SSSR count). The van der Waals surface area contributed by atoms with Crippen LogP contribution in [0.3, 0.4) is 0 Å². The summed E-state index contributed by atoms with van der Waals surface area (Å²) in [5.74, 6) is 0.822. The number of hydrogen-bond acceptors (Lipinski definition) is 2. The van der Waals surface area contributed by atoms with Crippen LogP contribution < -0.4 is 0 Å². The molecule has 0 aliphatic carbocycles. The van der Waals surface area contributed by atoms with Gasteiger partial charge in [-0.05, 0) is 25.1 Å². The van der Waals surface area contributed by atoms with Crippen molar-refractivity contribution in [1.82, 2.24) is 19.3 Å². The van der Waals surface area contributed by atoms with Crippen molar-refractivity contribution in [3.8, 4) is 5.69 Å². The Balaban J connectivity index is 2.35. The van der Waals surface area contributed by atoms with E-state index >= 15 is 0 Å². The van der Waals surface area contributed by atoms with Gasteiger partial charge >= 0.3 is 0 Å². The fourth-order valence-electron chi connectivity index (χ4n) is 2.13. The number of nitrogens with zero attached hydrogens (tertiary/aromatic N) is 4. The first kappa shape index (κ1) is 12.7. The van der Waals surface area contributed by atoms with Crippen LogP contribution in [0.1, 0.15) is 18.1 Å². The first-order chi connectivity index (χ1) is 9.06. The van der Waals surface area contributed by atoms with Gasteiger partial charge in [-0.15, -0.1) is 11.6 Å². The van der Waals surface area contributed by atoms with E-state index < -0.39 is 0 Å². The highest BCUT2D eigenvalue weighted by Crippen LogP contribution is 2.29. The number of aromatic nitrogens is 4. The Labute approximate surface area is 124 Å². The summed E-state index contributed by atoms with van der Waals surface area (Å²) in [6.45, 7) is 1.92. The van der Waals surface area contributed by atoms with Gasteiger partial charge in [-0.2, -0.15) is 5.10 Å². The molecule has 0 aliphatic heterocycles.